The van der Waals surface area contributed by atoms with E-state index in [1.165, 1.54) is 0 Å². The molecule has 1 aromatic carbocycles. The van der Waals surface area contributed by atoms with Crippen LogP contribution in [-0.2, 0) is 11.2 Å². The maximum absolute atomic E-state index is 11.8. The van der Waals surface area contributed by atoms with Crippen LogP contribution in [-0.4, -0.2) is 25.4 Å². The average Bonchev–Trinajstić information content (AvgIpc) is 2.37. The maximum atomic E-state index is 11.8. The van der Waals surface area contributed by atoms with Crippen LogP contribution in [0.1, 0.15) is 18.9 Å². The Labute approximate surface area is 113 Å². The van der Waals surface area contributed by atoms with E-state index in [1.54, 1.807) is 7.11 Å². The van der Waals surface area contributed by atoms with Crippen molar-refractivity contribution in [3.05, 3.63) is 29.8 Å². The van der Waals surface area contributed by atoms with E-state index in [0.717, 1.165) is 17.7 Å². The topological polar surface area (TPSA) is 38.3 Å². The molecule has 0 aromatic heterocycles. The third kappa shape index (κ3) is 4.96. The first-order chi connectivity index (χ1) is 8.67. The molecule has 0 aliphatic carbocycles. The SMILES string of the molecule is COc1ccccc1CC(=O)NCC(C)CCCl. The monoisotopic (exact) mass is 269 g/mol. The summed E-state index contributed by atoms with van der Waals surface area (Å²) in [5.74, 6) is 1.80. The number of rotatable bonds is 7. The van der Waals surface area contributed by atoms with Gasteiger partial charge in [0.15, 0.2) is 0 Å². The predicted molar refractivity (Wildman–Crippen MR) is 74.2 cm³/mol. The zero-order valence-electron chi connectivity index (χ0n) is 10.9. The molecule has 1 aromatic rings. The molecule has 4 heteroatoms. The fourth-order valence-corrected chi connectivity index (χ4v) is 2.03. The number of amides is 1. The van der Waals surface area contributed by atoms with Gasteiger partial charge < -0.3 is 10.1 Å². The Morgan fingerprint density at radius 1 is 1.44 bits per heavy atom. The van der Waals surface area contributed by atoms with Gasteiger partial charge in [-0.3, -0.25) is 4.79 Å². The first-order valence-electron chi connectivity index (χ1n) is 6.12. The van der Waals surface area contributed by atoms with Crippen molar-refractivity contribution in [1.29, 1.82) is 0 Å². The van der Waals surface area contributed by atoms with Crippen LogP contribution in [0.3, 0.4) is 0 Å². The van der Waals surface area contributed by atoms with Crippen molar-refractivity contribution in [3.8, 4) is 5.75 Å². The fourth-order valence-electron chi connectivity index (χ4n) is 1.66. The normalized spacial score (nSPS) is 11.9. The minimum Gasteiger partial charge on any atom is -0.496 e. The summed E-state index contributed by atoms with van der Waals surface area (Å²) in [6.07, 6.45) is 1.26. The molecule has 0 radical (unpaired) electrons. The number of alkyl halides is 1. The van der Waals surface area contributed by atoms with Crippen LogP contribution in [0.15, 0.2) is 24.3 Å². The van der Waals surface area contributed by atoms with E-state index in [2.05, 4.69) is 12.2 Å². The van der Waals surface area contributed by atoms with Crippen LogP contribution in [0.5, 0.6) is 5.75 Å². The van der Waals surface area contributed by atoms with Gasteiger partial charge >= 0.3 is 0 Å². The fraction of sp³-hybridized carbons (Fsp3) is 0.500. The first kappa shape index (κ1) is 14.8. The molecule has 100 valence electrons. The number of para-hydroxylation sites is 1. The third-order valence-electron chi connectivity index (χ3n) is 2.79. The van der Waals surface area contributed by atoms with Crippen molar-refractivity contribution < 1.29 is 9.53 Å². The first-order valence-corrected chi connectivity index (χ1v) is 6.65. The molecule has 18 heavy (non-hydrogen) atoms. The van der Waals surface area contributed by atoms with Gasteiger partial charge in [0.25, 0.3) is 0 Å². The molecular formula is C14H20ClNO2. The molecule has 0 bridgehead atoms. The molecule has 0 aliphatic rings. The molecule has 0 spiro atoms. The van der Waals surface area contributed by atoms with Crippen molar-refractivity contribution >= 4 is 17.5 Å². The van der Waals surface area contributed by atoms with Gasteiger partial charge in [-0.1, -0.05) is 25.1 Å². The van der Waals surface area contributed by atoms with Crippen molar-refractivity contribution in [3.63, 3.8) is 0 Å². The molecule has 0 saturated heterocycles. The summed E-state index contributed by atoms with van der Waals surface area (Å²) >= 11 is 5.65. The zero-order chi connectivity index (χ0) is 13.4. The molecule has 0 heterocycles. The smallest absolute Gasteiger partial charge is 0.224 e. The highest BCUT2D eigenvalue weighted by Crippen LogP contribution is 2.17. The van der Waals surface area contributed by atoms with Gasteiger partial charge in [-0.2, -0.15) is 0 Å². The van der Waals surface area contributed by atoms with Crippen LogP contribution in [0.2, 0.25) is 0 Å². The second kappa shape index (κ2) is 7.98. The van der Waals surface area contributed by atoms with E-state index >= 15 is 0 Å². The lowest BCUT2D eigenvalue weighted by Crippen LogP contribution is -2.29. The van der Waals surface area contributed by atoms with Crippen LogP contribution in [0.25, 0.3) is 0 Å². The highest BCUT2D eigenvalue weighted by Gasteiger charge is 2.09. The van der Waals surface area contributed by atoms with E-state index in [4.69, 9.17) is 16.3 Å². The van der Waals surface area contributed by atoms with E-state index < -0.39 is 0 Å². The molecule has 1 unspecified atom stereocenters. The average molecular weight is 270 g/mol. The number of carbonyl (C=O) groups is 1. The van der Waals surface area contributed by atoms with E-state index in [1.807, 2.05) is 24.3 Å². The Kier molecular flexibility index (Phi) is 6.58. The van der Waals surface area contributed by atoms with Crippen LogP contribution in [0, 0.1) is 5.92 Å². The predicted octanol–water partition coefficient (Wildman–Crippen LogP) is 2.62. The highest BCUT2D eigenvalue weighted by molar-refractivity contribution is 6.17. The van der Waals surface area contributed by atoms with Crippen molar-refractivity contribution in [2.75, 3.05) is 19.5 Å². The lowest BCUT2D eigenvalue weighted by atomic mass is 10.1. The number of benzene rings is 1. The number of hydrogen-bond acceptors (Lipinski definition) is 2. The van der Waals surface area contributed by atoms with Crippen molar-refractivity contribution in [2.24, 2.45) is 5.92 Å². The second-order valence-electron chi connectivity index (χ2n) is 4.38. The second-order valence-corrected chi connectivity index (χ2v) is 4.75. The number of methoxy groups -OCH3 is 1. The van der Waals surface area contributed by atoms with Crippen LogP contribution >= 0.6 is 11.6 Å². The summed E-state index contributed by atoms with van der Waals surface area (Å²) in [6.45, 7) is 2.74. The Bertz CT molecular complexity index is 382. The van der Waals surface area contributed by atoms with Crippen LogP contribution < -0.4 is 10.1 Å². The molecule has 0 fully saturated rings. The summed E-state index contributed by atoms with van der Waals surface area (Å²) in [5.41, 5.74) is 0.905. The molecule has 0 saturated carbocycles. The summed E-state index contributed by atoms with van der Waals surface area (Å²) in [7, 11) is 1.61. The number of halogens is 1. The summed E-state index contributed by atoms with van der Waals surface area (Å²) < 4.78 is 5.21. The summed E-state index contributed by atoms with van der Waals surface area (Å²) in [4.78, 5) is 11.8. The Hall–Kier alpha value is -1.22. The lowest BCUT2D eigenvalue weighted by molar-refractivity contribution is -0.120. The van der Waals surface area contributed by atoms with E-state index in [0.29, 0.717) is 24.8 Å². The van der Waals surface area contributed by atoms with Gasteiger partial charge in [-0.05, 0) is 18.4 Å². The maximum Gasteiger partial charge on any atom is 0.224 e. The summed E-state index contributed by atoms with van der Waals surface area (Å²) in [6, 6.07) is 7.56. The van der Waals surface area contributed by atoms with Crippen molar-refractivity contribution in [2.45, 2.75) is 19.8 Å². The lowest BCUT2D eigenvalue weighted by Gasteiger charge is -2.12. The van der Waals surface area contributed by atoms with Gasteiger partial charge in [0, 0.05) is 18.0 Å². The van der Waals surface area contributed by atoms with E-state index in [-0.39, 0.29) is 5.91 Å². The molecular weight excluding hydrogens is 250 g/mol. The standard InChI is InChI=1S/C14H20ClNO2/c1-11(7-8-15)10-16-14(17)9-12-5-3-4-6-13(12)18-2/h3-6,11H,7-10H2,1-2H3,(H,16,17). The van der Waals surface area contributed by atoms with Gasteiger partial charge in [0.2, 0.25) is 5.91 Å². The van der Waals surface area contributed by atoms with Gasteiger partial charge in [-0.15, -0.1) is 11.6 Å². The number of nitrogens with one attached hydrogen (secondary N) is 1. The number of carbonyl (C=O) groups excluding carboxylic acids is 1. The molecule has 1 N–H and O–H groups in total. The number of ether oxygens (including phenoxy) is 1. The minimum absolute atomic E-state index is 0.0147. The molecule has 1 atom stereocenters. The van der Waals surface area contributed by atoms with Crippen LogP contribution in [0.4, 0.5) is 0 Å². The quantitative estimate of drug-likeness (QED) is 0.773. The zero-order valence-corrected chi connectivity index (χ0v) is 11.7. The third-order valence-corrected chi connectivity index (χ3v) is 3.01. The van der Waals surface area contributed by atoms with Gasteiger partial charge in [0.1, 0.15) is 5.75 Å². The summed E-state index contributed by atoms with van der Waals surface area (Å²) in [5, 5.41) is 2.91. The minimum atomic E-state index is 0.0147. The molecule has 0 aliphatic heterocycles. The van der Waals surface area contributed by atoms with Gasteiger partial charge in [0.05, 0.1) is 13.5 Å². The van der Waals surface area contributed by atoms with E-state index in [9.17, 15) is 4.79 Å². The van der Waals surface area contributed by atoms with Gasteiger partial charge in [-0.25, -0.2) is 0 Å². The van der Waals surface area contributed by atoms with Crippen molar-refractivity contribution in [1.82, 2.24) is 5.32 Å². The number of hydrogen-bond donors (Lipinski definition) is 1. The molecule has 1 amide bonds. The molecule has 1 rings (SSSR count). The highest BCUT2D eigenvalue weighted by atomic mass is 35.5. The largest absolute Gasteiger partial charge is 0.496 e. The Morgan fingerprint density at radius 2 is 2.17 bits per heavy atom. The Balaban J connectivity index is 2.44. The molecule has 3 nitrogen and oxygen atoms in total. The Morgan fingerprint density at radius 3 is 2.83 bits per heavy atom.